The fraction of sp³-hybridized carbons (Fsp3) is 0.269. The van der Waals surface area contributed by atoms with Gasteiger partial charge >= 0.3 is 12.6 Å². The van der Waals surface area contributed by atoms with Crippen LogP contribution in [-0.4, -0.2) is 40.3 Å². The number of rotatable bonds is 7. The Morgan fingerprint density at radius 1 is 1.03 bits per heavy atom. The van der Waals surface area contributed by atoms with E-state index in [0.29, 0.717) is 22.5 Å². The summed E-state index contributed by atoms with van der Waals surface area (Å²) in [5.74, 6) is -0.862. The highest BCUT2D eigenvalue weighted by Gasteiger charge is 2.49. The summed E-state index contributed by atoms with van der Waals surface area (Å²) in [5, 5.41) is 2.71. The Bertz CT molecular complexity index is 1300. The van der Waals surface area contributed by atoms with Gasteiger partial charge in [-0.15, -0.1) is 0 Å². The Balaban J connectivity index is 1.56. The maximum absolute atomic E-state index is 13.2. The number of halogens is 2. The van der Waals surface area contributed by atoms with Gasteiger partial charge in [-0.1, -0.05) is 29.8 Å². The highest BCUT2D eigenvalue weighted by atomic mass is 19.3. The molecule has 1 aliphatic rings. The lowest BCUT2D eigenvalue weighted by molar-refractivity contribution is -0.130. The number of hydrogen-bond acceptors (Lipinski definition) is 4. The lowest BCUT2D eigenvalue weighted by Gasteiger charge is -2.22. The quantitative estimate of drug-likeness (QED) is 0.393. The number of carbonyl (C=O) groups excluding carboxylic acids is 3. The fourth-order valence-electron chi connectivity index (χ4n) is 4.37. The maximum Gasteiger partial charge on any atom is 0.387 e. The van der Waals surface area contributed by atoms with Crippen LogP contribution in [0.2, 0.25) is 0 Å². The second kappa shape index (κ2) is 8.98. The van der Waals surface area contributed by atoms with Gasteiger partial charge in [0.15, 0.2) is 5.78 Å². The molecule has 1 N–H and O–H groups in total. The molecule has 0 saturated carbocycles. The van der Waals surface area contributed by atoms with E-state index in [-0.39, 0.29) is 5.75 Å². The molecule has 1 fully saturated rings. The van der Waals surface area contributed by atoms with Crippen molar-refractivity contribution in [3.05, 3.63) is 82.7 Å². The molecule has 182 valence electrons. The van der Waals surface area contributed by atoms with Crippen LogP contribution in [0.15, 0.2) is 54.6 Å². The van der Waals surface area contributed by atoms with E-state index < -0.39 is 36.4 Å². The standard InChI is InChI=1S/C26H25F2N3O4/c1-15-5-7-18(8-6-15)26(4)23(33)30(25(34)29-26)14-22(32)21-13-16(2)31(17(21)3)19-9-11-20(12-10-19)35-24(27)28/h5-13,24H,14H2,1-4H3,(H,29,34)/t26-/m0/s1. The summed E-state index contributed by atoms with van der Waals surface area (Å²) in [5.41, 5.74) is 2.74. The first-order valence-corrected chi connectivity index (χ1v) is 11.0. The lowest BCUT2D eigenvalue weighted by atomic mass is 9.91. The number of nitrogens with one attached hydrogen (secondary N) is 1. The average Bonchev–Trinajstić information content (AvgIpc) is 3.22. The second-order valence-corrected chi connectivity index (χ2v) is 8.73. The minimum Gasteiger partial charge on any atom is -0.435 e. The third kappa shape index (κ3) is 4.41. The molecule has 0 unspecified atom stereocenters. The van der Waals surface area contributed by atoms with E-state index in [9.17, 15) is 23.2 Å². The predicted molar refractivity (Wildman–Crippen MR) is 125 cm³/mol. The topological polar surface area (TPSA) is 80.6 Å². The smallest absolute Gasteiger partial charge is 0.387 e. The molecule has 4 rings (SSSR count). The molecule has 1 aromatic heterocycles. The number of imide groups is 1. The van der Waals surface area contributed by atoms with Gasteiger partial charge in [-0.3, -0.25) is 14.5 Å². The Morgan fingerprint density at radius 2 is 1.66 bits per heavy atom. The van der Waals surface area contributed by atoms with Crippen molar-refractivity contribution in [3.63, 3.8) is 0 Å². The van der Waals surface area contributed by atoms with Gasteiger partial charge in [-0.25, -0.2) is 4.79 Å². The number of urea groups is 1. The van der Waals surface area contributed by atoms with E-state index >= 15 is 0 Å². The predicted octanol–water partition coefficient (Wildman–Crippen LogP) is 4.65. The Labute approximate surface area is 201 Å². The summed E-state index contributed by atoms with van der Waals surface area (Å²) in [6.45, 7) is 3.77. The summed E-state index contributed by atoms with van der Waals surface area (Å²) in [6.07, 6.45) is 0. The Hall–Kier alpha value is -4.01. The molecule has 1 saturated heterocycles. The zero-order valence-corrected chi connectivity index (χ0v) is 19.8. The number of aromatic nitrogens is 1. The zero-order chi connectivity index (χ0) is 25.5. The molecule has 2 aromatic carbocycles. The zero-order valence-electron chi connectivity index (χ0n) is 19.8. The second-order valence-electron chi connectivity index (χ2n) is 8.73. The summed E-state index contributed by atoms with van der Waals surface area (Å²) in [6, 6.07) is 14.4. The minimum atomic E-state index is -2.92. The van der Waals surface area contributed by atoms with Crippen LogP contribution in [0.3, 0.4) is 0 Å². The van der Waals surface area contributed by atoms with E-state index in [4.69, 9.17) is 0 Å². The number of benzene rings is 2. The first kappa shape index (κ1) is 24.1. The maximum atomic E-state index is 13.2. The lowest BCUT2D eigenvalue weighted by Crippen LogP contribution is -2.41. The minimum absolute atomic E-state index is 0.0256. The van der Waals surface area contributed by atoms with Gasteiger partial charge in [0, 0.05) is 22.6 Å². The summed E-state index contributed by atoms with van der Waals surface area (Å²) in [4.78, 5) is 40.0. The van der Waals surface area contributed by atoms with Crippen LogP contribution in [-0.2, 0) is 10.3 Å². The molecule has 9 heteroatoms. The van der Waals surface area contributed by atoms with E-state index in [2.05, 4.69) is 10.1 Å². The number of aryl methyl sites for hydroxylation is 2. The van der Waals surface area contributed by atoms with Gasteiger partial charge < -0.3 is 14.6 Å². The number of ketones is 1. The number of nitrogens with zero attached hydrogens (tertiary/aromatic N) is 2. The normalized spacial score (nSPS) is 17.7. The van der Waals surface area contributed by atoms with Crippen LogP contribution in [0.4, 0.5) is 13.6 Å². The first-order valence-electron chi connectivity index (χ1n) is 11.0. The number of hydrogen-bond donors (Lipinski definition) is 1. The molecule has 0 aliphatic carbocycles. The Morgan fingerprint density at radius 3 is 2.26 bits per heavy atom. The van der Waals surface area contributed by atoms with Crippen molar-refractivity contribution < 1.29 is 27.9 Å². The van der Waals surface area contributed by atoms with Gasteiger partial charge in [0.05, 0.1) is 6.54 Å². The van der Waals surface area contributed by atoms with Gasteiger partial charge in [0.25, 0.3) is 5.91 Å². The molecule has 35 heavy (non-hydrogen) atoms. The number of amides is 3. The van der Waals surface area contributed by atoms with Crippen LogP contribution in [0.5, 0.6) is 5.75 Å². The van der Waals surface area contributed by atoms with Crippen LogP contribution in [0.25, 0.3) is 5.69 Å². The number of Topliss-reactive ketones (excluding diaryl/α,β-unsaturated/α-hetero) is 1. The van der Waals surface area contributed by atoms with Crippen molar-refractivity contribution in [2.75, 3.05) is 6.54 Å². The fourth-order valence-corrected chi connectivity index (χ4v) is 4.37. The third-order valence-electron chi connectivity index (χ3n) is 6.26. The van der Waals surface area contributed by atoms with Crippen molar-refractivity contribution in [1.29, 1.82) is 0 Å². The van der Waals surface area contributed by atoms with Crippen molar-refractivity contribution in [2.45, 2.75) is 39.8 Å². The third-order valence-corrected chi connectivity index (χ3v) is 6.26. The van der Waals surface area contributed by atoms with Crippen LogP contribution in [0.1, 0.15) is 39.8 Å². The molecule has 0 bridgehead atoms. The largest absolute Gasteiger partial charge is 0.435 e. The molecule has 2 heterocycles. The molecule has 0 radical (unpaired) electrons. The van der Waals surface area contributed by atoms with Crippen molar-refractivity contribution in [2.24, 2.45) is 0 Å². The Kier molecular flexibility index (Phi) is 6.19. The van der Waals surface area contributed by atoms with Crippen LogP contribution >= 0.6 is 0 Å². The number of alkyl halides is 2. The van der Waals surface area contributed by atoms with E-state index in [1.54, 1.807) is 55.7 Å². The molecular weight excluding hydrogens is 456 g/mol. The van der Waals surface area contributed by atoms with Gasteiger partial charge in [0.1, 0.15) is 11.3 Å². The van der Waals surface area contributed by atoms with Gasteiger partial charge in [-0.2, -0.15) is 8.78 Å². The number of ether oxygens (including phenoxy) is 1. The summed E-state index contributed by atoms with van der Waals surface area (Å²) >= 11 is 0. The molecule has 7 nitrogen and oxygen atoms in total. The van der Waals surface area contributed by atoms with Gasteiger partial charge in [-0.05, 0) is 63.6 Å². The molecular formula is C26H25F2N3O4. The van der Waals surface area contributed by atoms with E-state index in [1.165, 1.54) is 12.1 Å². The summed E-state index contributed by atoms with van der Waals surface area (Å²) < 4.78 is 31.0. The number of carbonyl (C=O) groups is 3. The monoisotopic (exact) mass is 481 g/mol. The van der Waals surface area contributed by atoms with Crippen LogP contribution in [0, 0.1) is 20.8 Å². The van der Waals surface area contributed by atoms with Crippen molar-refractivity contribution in [3.8, 4) is 11.4 Å². The molecule has 3 amide bonds. The van der Waals surface area contributed by atoms with Crippen molar-refractivity contribution >= 4 is 17.7 Å². The highest BCUT2D eigenvalue weighted by molar-refractivity contribution is 6.11. The van der Waals surface area contributed by atoms with E-state index in [0.717, 1.165) is 16.2 Å². The molecule has 1 atom stereocenters. The SMILES string of the molecule is Cc1ccc([C@]2(C)NC(=O)N(CC(=O)c3cc(C)n(-c4ccc(OC(F)F)cc4)c3C)C2=O)cc1. The van der Waals surface area contributed by atoms with Crippen molar-refractivity contribution in [1.82, 2.24) is 14.8 Å². The first-order chi connectivity index (χ1) is 16.5. The van der Waals surface area contributed by atoms with Gasteiger partial charge in [0.2, 0.25) is 0 Å². The van der Waals surface area contributed by atoms with Crippen LogP contribution < -0.4 is 10.1 Å². The average molecular weight is 481 g/mol. The highest BCUT2D eigenvalue weighted by Crippen LogP contribution is 2.30. The molecule has 0 spiro atoms. The molecule has 3 aromatic rings. The summed E-state index contributed by atoms with van der Waals surface area (Å²) in [7, 11) is 0. The van der Waals surface area contributed by atoms with E-state index in [1.807, 2.05) is 19.1 Å². The molecule has 1 aliphatic heterocycles.